The van der Waals surface area contributed by atoms with E-state index in [1.807, 2.05) is 6.08 Å². The average Bonchev–Trinajstić information content (AvgIpc) is 2.68. The molecule has 2 aliphatic rings. The molecule has 2 aliphatic carbocycles. The molecular weight excluding hydrogens is 300 g/mol. The van der Waals surface area contributed by atoms with Crippen LogP contribution in [-0.4, -0.2) is 0 Å². The van der Waals surface area contributed by atoms with Crippen molar-refractivity contribution in [1.29, 1.82) is 0 Å². The number of hydrogen-bond donors (Lipinski definition) is 0. The molecular formula is C25H36. The van der Waals surface area contributed by atoms with E-state index in [1.165, 1.54) is 69.8 Å². The van der Waals surface area contributed by atoms with Gasteiger partial charge in [-0.1, -0.05) is 62.4 Å². The van der Waals surface area contributed by atoms with Gasteiger partial charge in [-0.05, 0) is 92.6 Å². The molecule has 0 aromatic heterocycles. The molecule has 0 amide bonds. The second-order valence-corrected chi connectivity index (χ2v) is 8.40. The molecule has 0 N–H and O–H groups in total. The van der Waals surface area contributed by atoms with Crippen molar-refractivity contribution in [3.8, 4) is 0 Å². The lowest BCUT2D eigenvalue weighted by molar-refractivity contribution is 0.171. The highest BCUT2D eigenvalue weighted by atomic mass is 14.4. The Morgan fingerprint density at radius 2 is 1.48 bits per heavy atom. The fraction of sp³-hybridized carbons (Fsp3) is 0.600. The highest BCUT2D eigenvalue weighted by molar-refractivity contribution is 5.26. The van der Waals surface area contributed by atoms with Gasteiger partial charge in [0.15, 0.2) is 0 Å². The molecule has 1 aromatic rings. The van der Waals surface area contributed by atoms with E-state index in [4.69, 9.17) is 0 Å². The van der Waals surface area contributed by atoms with Crippen LogP contribution in [0.15, 0.2) is 49.1 Å². The minimum atomic E-state index is 0.812. The van der Waals surface area contributed by atoms with Crippen molar-refractivity contribution < 1.29 is 0 Å². The molecule has 0 nitrogen and oxygen atoms in total. The van der Waals surface area contributed by atoms with Crippen LogP contribution in [0.1, 0.15) is 81.8 Å². The van der Waals surface area contributed by atoms with E-state index < -0.39 is 0 Å². The van der Waals surface area contributed by atoms with Gasteiger partial charge in [-0.2, -0.15) is 0 Å². The molecule has 25 heavy (non-hydrogen) atoms. The predicted octanol–water partition coefficient (Wildman–Crippen LogP) is 7.46. The monoisotopic (exact) mass is 336 g/mol. The normalized spacial score (nSPS) is 30.4. The first-order valence-corrected chi connectivity index (χ1v) is 10.7. The van der Waals surface area contributed by atoms with E-state index >= 15 is 0 Å². The Hall–Kier alpha value is -1.30. The van der Waals surface area contributed by atoms with E-state index in [2.05, 4.69) is 49.9 Å². The predicted molar refractivity (Wildman–Crippen MR) is 110 cm³/mol. The van der Waals surface area contributed by atoms with E-state index in [1.54, 1.807) is 5.56 Å². The number of benzene rings is 1. The van der Waals surface area contributed by atoms with Gasteiger partial charge in [0.1, 0.15) is 0 Å². The molecule has 0 aliphatic heterocycles. The van der Waals surface area contributed by atoms with Gasteiger partial charge in [0.05, 0.1) is 0 Å². The van der Waals surface area contributed by atoms with Gasteiger partial charge < -0.3 is 0 Å². The Morgan fingerprint density at radius 1 is 0.880 bits per heavy atom. The molecule has 0 bridgehead atoms. The van der Waals surface area contributed by atoms with Gasteiger partial charge >= 0.3 is 0 Å². The summed E-state index contributed by atoms with van der Waals surface area (Å²) in [7, 11) is 0. The SMILES string of the molecule is C=CC=CC1CCC(C2CCC(c3ccc(CCC)cc3)CC2)CC1. The second kappa shape index (κ2) is 9.41. The van der Waals surface area contributed by atoms with Crippen LogP contribution in [0.5, 0.6) is 0 Å². The summed E-state index contributed by atoms with van der Waals surface area (Å²) in [6.07, 6.45) is 20.3. The van der Waals surface area contributed by atoms with Crippen molar-refractivity contribution in [2.75, 3.05) is 0 Å². The Morgan fingerprint density at radius 3 is 2.04 bits per heavy atom. The minimum Gasteiger partial charge on any atom is -0.0991 e. The van der Waals surface area contributed by atoms with Crippen LogP contribution in [0.3, 0.4) is 0 Å². The van der Waals surface area contributed by atoms with Crippen LogP contribution >= 0.6 is 0 Å². The molecule has 136 valence electrons. The lowest BCUT2D eigenvalue weighted by atomic mass is 9.68. The minimum absolute atomic E-state index is 0.812. The van der Waals surface area contributed by atoms with E-state index in [-0.39, 0.29) is 0 Å². The van der Waals surface area contributed by atoms with Gasteiger partial charge in [0, 0.05) is 0 Å². The fourth-order valence-electron chi connectivity index (χ4n) is 5.21. The summed E-state index contributed by atoms with van der Waals surface area (Å²) in [5, 5.41) is 0. The van der Waals surface area contributed by atoms with Crippen molar-refractivity contribution >= 4 is 0 Å². The molecule has 0 unspecified atom stereocenters. The maximum absolute atomic E-state index is 3.79. The summed E-state index contributed by atoms with van der Waals surface area (Å²) in [6.45, 7) is 6.05. The molecule has 2 saturated carbocycles. The number of aryl methyl sites for hydroxylation is 1. The van der Waals surface area contributed by atoms with Crippen LogP contribution in [0.2, 0.25) is 0 Å². The standard InChI is InChI=1S/C25H36/c1-3-5-7-21-10-14-23(15-11-21)25-18-16-24(17-19-25)22-12-8-20(6-4-2)9-13-22/h3,5,7-9,12-13,21,23-25H,1,4,6,10-11,14-19H2,2H3. The van der Waals surface area contributed by atoms with Crippen molar-refractivity contribution in [1.82, 2.24) is 0 Å². The van der Waals surface area contributed by atoms with Gasteiger partial charge in [0.2, 0.25) is 0 Å². The molecule has 1 aromatic carbocycles. The largest absolute Gasteiger partial charge is 0.0991 e. The third kappa shape index (κ3) is 5.09. The lowest BCUT2D eigenvalue weighted by Gasteiger charge is -2.37. The summed E-state index contributed by atoms with van der Waals surface area (Å²) in [5.41, 5.74) is 3.10. The Bertz CT molecular complexity index is 534. The zero-order valence-electron chi connectivity index (χ0n) is 16.1. The molecule has 3 rings (SSSR count). The quantitative estimate of drug-likeness (QED) is 0.473. The average molecular weight is 337 g/mol. The maximum Gasteiger partial charge on any atom is -0.0162 e. The molecule has 0 radical (unpaired) electrons. The third-order valence-electron chi connectivity index (χ3n) is 6.76. The van der Waals surface area contributed by atoms with Crippen molar-refractivity contribution in [2.24, 2.45) is 17.8 Å². The maximum atomic E-state index is 3.79. The smallest absolute Gasteiger partial charge is 0.0162 e. The number of rotatable bonds is 6. The van der Waals surface area contributed by atoms with Crippen LogP contribution in [0, 0.1) is 17.8 Å². The van der Waals surface area contributed by atoms with Crippen LogP contribution in [0.4, 0.5) is 0 Å². The molecule has 0 atom stereocenters. The highest BCUT2D eigenvalue weighted by Crippen LogP contribution is 2.44. The van der Waals surface area contributed by atoms with Crippen LogP contribution in [-0.2, 0) is 6.42 Å². The Labute approximate surface area is 155 Å². The fourth-order valence-corrected chi connectivity index (χ4v) is 5.21. The zero-order chi connectivity index (χ0) is 17.5. The molecule has 0 spiro atoms. The third-order valence-corrected chi connectivity index (χ3v) is 6.76. The van der Waals surface area contributed by atoms with E-state index in [9.17, 15) is 0 Å². The van der Waals surface area contributed by atoms with Crippen molar-refractivity contribution in [3.63, 3.8) is 0 Å². The van der Waals surface area contributed by atoms with E-state index in [0.717, 1.165) is 23.7 Å². The Balaban J connectivity index is 1.46. The number of hydrogen-bond acceptors (Lipinski definition) is 0. The van der Waals surface area contributed by atoms with Crippen molar-refractivity contribution in [3.05, 3.63) is 60.2 Å². The molecule has 0 heteroatoms. The van der Waals surface area contributed by atoms with Crippen LogP contribution < -0.4 is 0 Å². The molecule has 0 heterocycles. The molecule has 2 fully saturated rings. The summed E-state index contributed by atoms with van der Waals surface area (Å²) in [4.78, 5) is 0. The summed E-state index contributed by atoms with van der Waals surface area (Å²) >= 11 is 0. The van der Waals surface area contributed by atoms with Gasteiger partial charge in [-0.3, -0.25) is 0 Å². The first-order chi connectivity index (χ1) is 12.3. The topological polar surface area (TPSA) is 0 Å². The summed E-state index contributed by atoms with van der Waals surface area (Å²) < 4.78 is 0. The highest BCUT2D eigenvalue weighted by Gasteiger charge is 2.30. The summed E-state index contributed by atoms with van der Waals surface area (Å²) in [5.74, 6) is 3.63. The number of allylic oxidation sites excluding steroid dienone is 3. The molecule has 0 saturated heterocycles. The van der Waals surface area contributed by atoms with Gasteiger partial charge in [-0.15, -0.1) is 0 Å². The zero-order valence-corrected chi connectivity index (χ0v) is 16.1. The Kier molecular flexibility index (Phi) is 6.96. The van der Waals surface area contributed by atoms with Gasteiger partial charge in [0.25, 0.3) is 0 Å². The first kappa shape index (κ1) is 18.5. The second-order valence-electron chi connectivity index (χ2n) is 8.40. The van der Waals surface area contributed by atoms with Gasteiger partial charge in [-0.25, -0.2) is 0 Å². The van der Waals surface area contributed by atoms with E-state index in [0.29, 0.717) is 0 Å². The first-order valence-electron chi connectivity index (χ1n) is 10.7. The lowest BCUT2D eigenvalue weighted by Crippen LogP contribution is -2.25. The van der Waals surface area contributed by atoms with Crippen molar-refractivity contribution in [2.45, 2.75) is 77.0 Å². The summed E-state index contributed by atoms with van der Waals surface area (Å²) in [6, 6.07) is 9.55. The van der Waals surface area contributed by atoms with Crippen LogP contribution in [0.25, 0.3) is 0 Å².